The van der Waals surface area contributed by atoms with Gasteiger partial charge in [-0.25, -0.2) is 4.98 Å². The summed E-state index contributed by atoms with van der Waals surface area (Å²) in [7, 11) is 1.67. The zero-order valence-electron chi connectivity index (χ0n) is 9.08. The van der Waals surface area contributed by atoms with Gasteiger partial charge in [0.25, 0.3) is 0 Å². The molecule has 0 saturated heterocycles. The molecule has 1 aromatic rings. The SMILES string of the molecule is COCCCNc1nc(C)ccc1C#N. The third-order valence-corrected chi connectivity index (χ3v) is 1.97. The van der Waals surface area contributed by atoms with Gasteiger partial charge < -0.3 is 10.1 Å². The number of anilines is 1. The number of pyridine rings is 1. The molecule has 15 heavy (non-hydrogen) atoms. The first-order valence-electron chi connectivity index (χ1n) is 4.88. The Balaban J connectivity index is 2.59. The first-order chi connectivity index (χ1) is 7.27. The van der Waals surface area contributed by atoms with Gasteiger partial charge in [0.2, 0.25) is 0 Å². The molecule has 1 heterocycles. The third-order valence-electron chi connectivity index (χ3n) is 1.97. The third kappa shape index (κ3) is 3.56. The van der Waals surface area contributed by atoms with Crippen molar-refractivity contribution in [3.8, 4) is 6.07 Å². The van der Waals surface area contributed by atoms with E-state index in [1.807, 2.05) is 13.0 Å². The molecule has 1 N–H and O–H groups in total. The molecule has 0 unspecified atom stereocenters. The molecule has 0 fully saturated rings. The molecule has 1 aromatic heterocycles. The highest BCUT2D eigenvalue weighted by atomic mass is 16.5. The molecule has 0 spiro atoms. The van der Waals surface area contributed by atoms with E-state index in [9.17, 15) is 0 Å². The van der Waals surface area contributed by atoms with Crippen molar-refractivity contribution < 1.29 is 4.74 Å². The van der Waals surface area contributed by atoms with Gasteiger partial charge in [-0.1, -0.05) is 0 Å². The Labute approximate surface area is 89.9 Å². The van der Waals surface area contributed by atoms with Gasteiger partial charge >= 0.3 is 0 Å². The minimum absolute atomic E-state index is 0.581. The average molecular weight is 205 g/mol. The molecule has 1 rings (SSSR count). The average Bonchev–Trinajstić information content (AvgIpc) is 2.25. The number of ether oxygens (including phenoxy) is 1. The predicted octanol–water partition coefficient (Wildman–Crippen LogP) is 1.71. The Kier molecular flexibility index (Phi) is 4.58. The van der Waals surface area contributed by atoms with Crippen LogP contribution in [-0.4, -0.2) is 25.2 Å². The van der Waals surface area contributed by atoms with Crippen molar-refractivity contribution in [1.29, 1.82) is 5.26 Å². The Hall–Kier alpha value is -1.60. The van der Waals surface area contributed by atoms with Gasteiger partial charge in [0, 0.05) is 26.0 Å². The fraction of sp³-hybridized carbons (Fsp3) is 0.455. The van der Waals surface area contributed by atoms with Crippen LogP contribution in [0.1, 0.15) is 17.7 Å². The van der Waals surface area contributed by atoms with E-state index in [1.165, 1.54) is 0 Å². The van der Waals surface area contributed by atoms with Crippen LogP contribution in [0.15, 0.2) is 12.1 Å². The van der Waals surface area contributed by atoms with Crippen molar-refractivity contribution in [3.05, 3.63) is 23.4 Å². The molecule has 0 aliphatic rings. The van der Waals surface area contributed by atoms with E-state index < -0.39 is 0 Å². The fourth-order valence-electron chi connectivity index (χ4n) is 1.20. The van der Waals surface area contributed by atoms with E-state index in [1.54, 1.807) is 13.2 Å². The number of rotatable bonds is 5. The number of nitrogens with one attached hydrogen (secondary N) is 1. The van der Waals surface area contributed by atoms with Gasteiger partial charge in [-0.3, -0.25) is 0 Å². The summed E-state index contributed by atoms with van der Waals surface area (Å²) < 4.78 is 4.93. The maximum atomic E-state index is 8.86. The minimum Gasteiger partial charge on any atom is -0.385 e. The van der Waals surface area contributed by atoms with Gasteiger partial charge in [-0.2, -0.15) is 5.26 Å². The standard InChI is InChI=1S/C11H15N3O/c1-9-4-5-10(8-12)11(14-9)13-6-3-7-15-2/h4-5H,3,6-7H2,1-2H3,(H,13,14). The fourth-order valence-corrected chi connectivity index (χ4v) is 1.20. The molecule has 4 nitrogen and oxygen atoms in total. The number of aryl methyl sites for hydroxylation is 1. The van der Waals surface area contributed by atoms with Crippen LogP contribution in [0.4, 0.5) is 5.82 Å². The number of hydrogen-bond acceptors (Lipinski definition) is 4. The Morgan fingerprint density at radius 1 is 1.53 bits per heavy atom. The first-order valence-corrected chi connectivity index (χ1v) is 4.88. The van der Waals surface area contributed by atoms with Crippen LogP contribution < -0.4 is 5.32 Å². The lowest BCUT2D eigenvalue weighted by Gasteiger charge is -2.07. The molecule has 80 valence electrons. The summed E-state index contributed by atoms with van der Waals surface area (Å²) >= 11 is 0. The summed E-state index contributed by atoms with van der Waals surface area (Å²) in [4.78, 5) is 4.27. The number of aromatic nitrogens is 1. The normalized spacial score (nSPS) is 9.67. The maximum Gasteiger partial charge on any atom is 0.144 e. The predicted molar refractivity (Wildman–Crippen MR) is 58.7 cm³/mol. The highest BCUT2D eigenvalue weighted by Crippen LogP contribution is 2.11. The van der Waals surface area contributed by atoms with Crippen LogP contribution >= 0.6 is 0 Å². The van der Waals surface area contributed by atoms with Crippen LogP contribution in [0.5, 0.6) is 0 Å². The molecule has 0 saturated carbocycles. The van der Waals surface area contributed by atoms with Gasteiger partial charge in [0.1, 0.15) is 11.9 Å². The molecule has 0 atom stereocenters. The zero-order chi connectivity index (χ0) is 11.1. The van der Waals surface area contributed by atoms with E-state index in [4.69, 9.17) is 10.00 Å². The molecule has 0 bridgehead atoms. The van der Waals surface area contributed by atoms with Crippen LogP contribution in [0, 0.1) is 18.3 Å². The monoisotopic (exact) mass is 205 g/mol. The lowest BCUT2D eigenvalue weighted by molar-refractivity contribution is 0.197. The quantitative estimate of drug-likeness (QED) is 0.743. The molecular weight excluding hydrogens is 190 g/mol. The zero-order valence-corrected chi connectivity index (χ0v) is 9.08. The Morgan fingerprint density at radius 3 is 3.00 bits per heavy atom. The van der Waals surface area contributed by atoms with E-state index in [-0.39, 0.29) is 0 Å². The van der Waals surface area contributed by atoms with E-state index in [0.717, 1.165) is 18.7 Å². The molecular formula is C11H15N3O. The summed E-state index contributed by atoms with van der Waals surface area (Å²) in [5.74, 6) is 0.661. The molecule has 0 aliphatic heterocycles. The van der Waals surface area contributed by atoms with Gasteiger partial charge in [0.05, 0.1) is 5.56 Å². The summed E-state index contributed by atoms with van der Waals surface area (Å²) in [6.07, 6.45) is 0.900. The van der Waals surface area contributed by atoms with E-state index in [2.05, 4.69) is 16.4 Å². The molecule has 4 heteroatoms. The lowest BCUT2D eigenvalue weighted by atomic mass is 10.2. The summed E-state index contributed by atoms with van der Waals surface area (Å²) in [5, 5.41) is 12.0. The van der Waals surface area contributed by atoms with Gasteiger partial charge in [-0.15, -0.1) is 0 Å². The van der Waals surface area contributed by atoms with Gasteiger partial charge in [0.15, 0.2) is 0 Å². The summed E-state index contributed by atoms with van der Waals surface area (Å²) in [5.41, 5.74) is 1.49. The molecule has 0 aliphatic carbocycles. The Morgan fingerprint density at radius 2 is 2.33 bits per heavy atom. The molecule has 0 aromatic carbocycles. The van der Waals surface area contributed by atoms with Crippen molar-refractivity contribution in [2.45, 2.75) is 13.3 Å². The second-order valence-electron chi connectivity index (χ2n) is 3.23. The summed E-state index contributed by atoms with van der Waals surface area (Å²) in [6.45, 7) is 3.38. The van der Waals surface area contributed by atoms with E-state index >= 15 is 0 Å². The van der Waals surface area contributed by atoms with Crippen molar-refractivity contribution >= 4 is 5.82 Å². The number of nitrogens with zero attached hydrogens (tertiary/aromatic N) is 2. The number of methoxy groups -OCH3 is 1. The lowest BCUT2D eigenvalue weighted by Crippen LogP contribution is -2.07. The van der Waals surface area contributed by atoms with Crippen LogP contribution in [0.25, 0.3) is 0 Å². The number of hydrogen-bond donors (Lipinski definition) is 1. The highest BCUT2D eigenvalue weighted by Gasteiger charge is 2.02. The molecule has 0 radical (unpaired) electrons. The van der Waals surface area contributed by atoms with Crippen LogP contribution in [0.2, 0.25) is 0 Å². The largest absolute Gasteiger partial charge is 0.385 e. The first kappa shape index (κ1) is 11.5. The smallest absolute Gasteiger partial charge is 0.144 e. The van der Waals surface area contributed by atoms with E-state index in [0.29, 0.717) is 18.0 Å². The van der Waals surface area contributed by atoms with Crippen molar-refractivity contribution in [1.82, 2.24) is 4.98 Å². The van der Waals surface area contributed by atoms with Crippen LogP contribution in [0.3, 0.4) is 0 Å². The van der Waals surface area contributed by atoms with Crippen molar-refractivity contribution in [2.24, 2.45) is 0 Å². The maximum absolute atomic E-state index is 8.86. The van der Waals surface area contributed by atoms with Gasteiger partial charge in [-0.05, 0) is 25.5 Å². The number of nitriles is 1. The van der Waals surface area contributed by atoms with Crippen LogP contribution in [-0.2, 0) is 4.74 Å². The Bertz CT molecular complexity index is 357. The molecule has 0 amide bonds. The second-order valence-corrected chi connectivity index (χ2v) is 3.23. The minimum atomic E-state index is 0.581. The topological polar surface area (TPSA) is 57.9 Å². The highest BCUT2D eigenvalue weighted by molar-refractivity contribution is 5.52. The van der Waals surface area contributed by atoms with Crippen molar-refractivity contribution in [3.63, 3.8) is 0 Å². The second kappa shape index (κ2) is 5.99. The van der Waals surface area contributed by atoms with Crippen molar-refractivity contribution in [2.75, 3.05) is 25.6 Å². The summed E-state index contributed by atoms with van der Waals surface area (Å²) in [6, 6.07) is 5.72.